The topological polar surface area (TPSA) is 44.4 Å². The molecule has 1 heterocycles. The fraction of sp³-hybridized carbons (Fsp3) is 0.400. The second-order valence-electron chi connectivity index (χ2n) is 4.67. The van der Waals surface area contributed by atoms with Crippen molar-refractivity contribution in [1.29, 1.82) is 0 Å². The molecule has 1 saturated heterocycles. The van der Waals surface area contributed by atoms with Crippen LogP contribution in [0, 0.1) is 0 Å². The molecular weight excluding hydrogens is 270 g/mol. The second kappa shape index (κ2) is 8.09. The summed E-state index contributed by atoms with van der Waals surface area (Å²) in [4.78, 5) is 15.4. The Morgan fingerprint density at radius 2 is 2.15 bits per heavy atom. The predicted molar refractivity (Wildman–Crippen MR) is 85.3 cm³/mol. The number of thioether (sulfide) groups is 1. The van der Waals surface area contributed by atoms with Crippen molar-refractivity contribution in [2.24, 2.45) is 0 Å². The summed E-state index contributed by atoms with van der Waals surface area (Å²) >= 11 is 1.68. The number of nitrogens with zero attached hydrogens (tertiary/aromatic N) is 1. The normalized spacial score (nSPS) is 15.8. The van der Waals surface area contributed by atoms with E-state index in [2.05, 4.69) is 22.1 Å². The van der Waals surface area contributed by atoms with Gasteiger partial charge in [-0.1, -0.05) is 18.2 Å². The number of para-hydroxylation sites is 1. The van der Waals surface area contributed by atoms with Gasteiger partial charge in [-0.25, -0.2) is 0 Å². The quantitative estimate of drug-likeness (QED) is 0.620. The van der Waals surface area contributed by atoms with Gasteiger partial charge in [0.05, 0.1) is 12.2 Å². The average molecular weight is 291 g/mol. The van der Waals surface area contributed by atoms with Crippen molar-refractivity contribution in [3.63, 3.8) is 0 Å². The third-order valence-corrected chi connectivity index (χ3v) is 4.16. The Labute approximate surface area is 124 Å². The highest BCUT2D eigenvalue weighted by Gasteiger charge is 2.14. The van der Waals surface area contributed by atoms with Crippen LogP contribution in [0.5, 0.6) is 0 Å². The first-order valence-electron chi connectivity index (χ1n) is 6.85. The summed E-state index contributed by atoms with van der Waals surface area (Å²) in [5.74, 6) is 0.892. The Balaban J connectivity index is 1.91. The van der Waals surface area contributed by atoms with Gasteiger partial charge in [0.2, 0.25) is 5.91 Å². The summed E-state index contributed by atoms with van der Waals surface area (Å²) in [6.07, 6.45) is 1.87. The van der Waals surface area contributed by atoms with E-state index in [0.717, 1.165) is 42.5 Å². The standard InChI is InChI=1S/C15H21N3OS/c1-2-11-20-14-6-4-3-5-13(14)17-15(19)12-18-9-7-16-8-10-18/h2-6,16H,1,7-12H2,(H,17,19). The van der Waals surface area contributed by atoms with E-state index in [1.54, 1.807) is 11.8 Å². The summed E-state index contributed by atoms with van der Waals surface area (Å²) in [7, 11) is 0. The Bertz CT molecular complexity index is 458. The number of rotatable bonds is 6. The highest BCUT2D eigenvalue weighted by atomic mass is 32.2. The van der Waals surface area contributed by atoms with Gasteiger partial charge in [0, 0.05) is 36.8 Å². The van der Waals surface area contributed by atoms with Gasteiger partial charge in [-0.05, 0) is 12.1 Å². The number of hydrogen-bond acceptors (Lipinski definition) is 4. The van der Waals surface area contributed by atoms with Crippen molar-refractivity contribution in [2.45, 2.75) is 4.90 Å². The molecule has 108 valence electrons. The molecule has 1 aliphatic rings. The number of anilines is 1. The van der Waals surface area contributed by atoms with E-state index in [4.69, 9.17) is 0 Å². The minimum Gasteiger partial charge on any atom is -0.324 e. The summed E-state index contributed by atoms with van der Waals surface area (Å²) in [6, 6.07) is 7.89. The SMILES string of the molecule is C=CCSc1ccccc1NC(=O)CN1CCNCC1. The van der Waals surface area contributed by atoms with Crippen LogP contribution in [0.3, 0.4) is 0 Å². The van der Waals surface area contributed by atoms with Crippen molar-refractivity contribution >= 4 is 23.4 Å². The van der Waals surface area contributed by atoms with E-state index in [1.165, 1.54) is 0 Å². The molecule has 5 heteroatoms. The molecule has 4 nitrogen and oxygen atoms in total. The monoisotopic (exact) mass is 291 g/mol. The van der Waals surface area contributed by atoms with E-state index >= 15 is 0 Å². The molecule has 0 aromatic heterocycles. The van der Waals surface area contributed by atoms with Gasteiger partial charge in [-0.2, -0.15) is 0 Å². The number of carbonyl (C=O) groups excluding carboxylic acids is 1. The molecule has 0 spiro atoms. The molecule has 2 rings (SSSR count). The van der Waals surface area contributed by atoms with Crippen LogP contribution in [0.2, 0.25) is 0 Å². The molecule has 1 aliphatic heterocycles. The van der Waals surface area contributed by atoms with E-state index in [1.807, 2.05) is 30.3 Å². The second-order valence-corrected chi connectivity index (χ2v) is 5.73. The van der Waals surface area contributed by atoms with Gasteiger partial charge in [-0.15, -0.1) is 18.3 Å². The molecule has 1 fully saturated rings. The molecule has 0 aliphatic carbocycles. The zero-order valence-electron chi connectivity index (χ0n) is 11.6. The lowest BCUT2D eigenvalue weighted by atomic mass is 10.3. The van der Waals surface area contributed by atoms with Crippen LogP contribution in [0.4, 0.5) is 5.69 Å². The van der Waals surface area contributed by atoms with Crippen molar-refractivity contribution in [3.05, 3.63) is 36.9 Å². The molecular formula is C15H21N3OS. The molecule has 1 aromatic carbocycles. The Hall–Kier alpha value is -1.30. The van der Waals surface area contributed by atoms with Crippen LogP contribution in [0.25, 0.3) is 0 Å². The predicted octanol–water partition coefficient (Wildman–Crippen LogP) is 1.81. The maximum Gasteiger partial charge on any atom is 0.238 e. The van der Waals surface area contributed by atoms with E-state index in [-0.39, 0.29) is 5.91 Å². The zero-order chi connectivity index (χ0) is 14.2. The van der Waals surface area contributed by atoms with Gasteiger partial charge in [0.1, 0.15) is 0 Å². The molecule has 0 bridgehead atoms. The first kappa shape index (κ1) is 15.1. The number of nitrogens with one attached hydrogen (secondary N) is 2. The van der Waals surface area contributed by atoms with Gasteiger partial charge in [-0.3, -0.25) is 9.69 Å². The highest BCUT2D eigenvalue weighted by molar-refractivity contribution is 7.99. The van der Waals surface area contributed by atoms with Gasteiger partial charge < -0.3 is 10.6 Å². The third kappa shape index (κ3) is 4.67. The Morgan fingerprint density at radius 3 is 2.90 bits per heavy atom. The molecule has 1 amide bonds. The smallest absolute Gasteiger partial charge is 0.238 e. The number of amides is 1. The molecule has 0 radical (unpaired) electrons. The van der Waals surface area contributed by atoms with Crippen LogP contribution in [-0.2, 0) is 4.79 Å². The van der Waals surface area contributed by atoms with Gasteiger partial charge in [0.15, 0.2) is 0 Å². The first-order valence-corrected chi connectivity index (χ1v) is 7.84. The fourth-order valence-electron chi connectivity index (χ4n) is 2.11. The lowest BCUT2D eigenvalue weighted by Gasteiger charge is -2.26. The summed E-state index contributed by atoms with van der Waals surface area (Å²) in [5.41, 5.74) is 0.888. The van der Waals surface area contributed by atoms with Crippen LogP contribution < -0.4 is 10.6 Å². The molecule has 0 atom stereocenters. The number of piperazine rings is 1. The largest absolute Gasteiger partial charge is 0.324 e. The van der Waals surface area contributed by atoms with Crippen molar-refractivity contribution in [3.8, 4) is 0 Å². The van der Waals surface area contributed by atoms with Crippen LogP contribution >= 0.6 is 11.8 Å². The fourth-order valence-corrected chi connectivity index (χ4v) is 2.85. The van der Waals surface area contributed by atoms with E-state index in [9.17, 15) is 4.79 Å². The molecule has 0 saturated carbocycles. The van der Waals surface area contributed by atoms with Gasteiger partial charge in [0.25, 0.3) is 0 Å². The third-order valence-electron chi connectivity index (χ3n) is 3.09. The van der Waals surface area contributed by atoms with Crippen molar-refractivity contribution in [2.75, 3.05) is 43.8 Å². The average Bonchev–Trinajstić information content (AvgIpc) is 2.47. The maximum absolute atomic E-state index is 12.1. The van der Waals surface area contributed by atoms with E-state index < -0.39 is 0 Å². The van der Waals surface area contributed by atoms with Crippen molar-refractivity contribution in [1.82, 2.24) is 10.2 Å². The lowest BCUT2D eigenvalue weighted by Crippen LogP contribution is -2.46. The van der Waals surface area contributed by atoms with Gasteiger partial charge >= 0.3 is 0 Å². The van der Waals surface area contributed by atoms with Crippen LogP contribution in [0.15, 0.2) is 41.8 Å². The maximum atomic E-state index is 12.1. The summed E-state index contributed by atoms with van der Waals surface area (Å²) < 4.78 is 0. The molecule has 1 aromatic rings. The molecule has 0 unspecified atom stereocenters. The molecule has 20 heavy (non-hydrogen) atoms. The number of hydrogen-bond donors (Lipinski definition) is 2. The van der Waals surface area contributed by atoms with Crippen molar-refractivity contribution < 1.29 is 4.79 Å². The lowest BCUT2D eigenvalue weighted by molar-refractivity contribution is -0.117. The molecule has 2 N–H and O–H groups in total. The van der Waals surface area contributed by atoms with Crippen LogP contribution in [-0.4, -0.2) is 49.3 Å². The number of carbonyl (C=O) groups is 1. The Kier molecular flexibility index (Phi) is 6.11. The Morgan fingerprint density at radius 1 is 1.40 bits per heavy atom. The highest BCUT2D eigenvalue weighted by Crippen LogP contribution is 2.26. The zero-order valence-corrected chi connectivity index (χ0v) is 12.4. The number of benzene rings is 1. The van der Waals surface area contributed by atoms with E-state index in [0.29, 0.717) is 6.54 Å². The van der Waals surface area contributed by atoms with Crippen LogP contribution in [0.1, 0.15) is 0 Å². The summed E-state index contributed by atoms with van der Waals surface area (Å²) in [5, 5.41) is 6.29. The summed E-state index contributed by atoms with van der Waals surface area (Å²) in [6.45, 7) is 7.96. The minimum atomic E-state index is 0.0542. The minimum absolute atomic E-state index is 0.0542. The first-order chi connectivity index (χ1) is 9.79.